The lowest BCUT2D eigenvalue weighted by Gasteiger charge is -2.27. The van der Waals surface area contributed by atoms with Gasteiger partial charge in [0.1, 0.15) is 24.7 Å². The summed E-state index contributed by atoms with van der Waals surface area (Å²) in [4.78, 5) is 92.3. The molecular formula is C42H63N9O9. The maximum absolute atomic E-state index is 13.9. The van der Waals surface area contributed by atoms with E-state index in [4.69, 9.17) is 4.42 Å². The Morgan fingerprint density at radius 2 is 1.48 bits per heavy atom. The number of nitrogens with zero attached hydrogens (tertiary/aromatic N) is 3. The molecule has 0 bridgehead atoms. The van der Waals surface area contributed by atoms with Crippen molar-refractivity contribution >= 4 is 41.4 Å². The van der Waals surface area contributed by atoms with Crippen LogP contribution in [-0.4, -0.2) is 108 Å². The van der Waals surface area contributed by atoms with Crippen LogP contribution in [0.25, 0.3) is 0 Å². The summed E-state index contributed by atoms with van der Waals surface area (Å²) in [7, 11) is 1.19. The molecule has 0 aromatic carbocycles. The number of aromatic nitrogens is 2. The molecule has 1 aromatic heterocycles. The zero-order valence-electron chi connectivity index (χ0n) is 36.1. The lowest BCUT2D eigenvalue weighted by Crippen LogP contribution is -2.60. The van der Waals surface area contributed by atoms with Crippen LogP contribution in [0.3, 0.4) is 0 Å². The minimum Gasteiger partial charge on any atom is -0.468 e. The molecule has 0 saturated carbocycles. The number of ether oxygens (including phenoxy) is 1. The first-order chi connectivity index (χ1) is 28.3. The lowest BCUT2D eigenvalue weighted by atomic mass is 9.79. The van der Waals surface area contributed by atoms with Crippen molar-refractivity contribution in [2.45, 2.75) is 130 Å². The largest absolute Gasteiger partial charge is 0.468 e. The predicted octanol–water partition coefficient (Wildman–Crippen LogP) is 1.97. The van der Waals surface area contributed by atoms with Gasteiger partial charge in [-0.3, -0.25) is 33.6 Å². The van der Waals surface area contributed by atoms with Gasteiger partial charge in [-0.15, -0.1) is 10.2 Å². The molecule has 0 radical (unpaired) electrons. The summed E-state index contributed by atoms with van der Waals surface area (Å²) in [5, 5.41) is 24.8. The van der Waals surface area contributed by atoms with E-state index in [2.05, 4.69) is 72.8 Å². The Bertz CT molecular complexity index is 1820. The number of allylic oxidation sites excluding steroid dienone is 5. The van der Waals surface area contributed by atoms with E-state index in [1.807, 2.05) is 39.8 Å². The zero-order chi connectivity index (χ0) is 44.1. The van der Waals surface area contributed by atoms with Gasteiger partial charge in [0.25, 0.3) is 5.91 Å². The number of rotatable bonds is 19. The number of carbonyl (C=O) groups is 7. The van der Waals surface area contributed by atoms with Crippen molar-refractivity contribution in [2.24, 2.45) is 17.3 Å². The highest BCUT2D eigenvalue weighted by Gasteiger charge is 2.35. The van der Waals surface area contributed by atoms with Crippen molar-refractivity contribution in [3.05, 3.63) is 47.9 Å². The fourth-order valence-corrected chi connectivity index (χ4v) is 7.28. The third kappa shape index (κ3) is 14.0. The van der Waals surface area contributed by atoms with Gasteiger partial charge in [0.05, 0.1) is 25.5 Å². The van der Waals surface area contributed by atoms with E-state index in [1.165, 1.54) is 18.9 Å². The number of carbonyl (C=O) groups excluding carboxylic acids is 7. The highest BCUT2D eigenvalue weighted by Crippen LogP contribution is 2.37. The zero-order valence-corrected chi connectivity index (χ0v) is 36.1. The van der Waals surface area contributed by atoms with Crippen molar-refractivity contribution in [1.82, 2.24) is 47.0 Å². The Kier molecular flexibility index (Phi) is 17.0. The van der Waals surface area contributed by atoms with Crippen LogP contribution in [0, 0.1) is 17.3 Å². The number of amides is 6. The lowest BCUT2D eigenvalue weighted by molar-refractivity contribution is -0.141. The SMILES string of the molecule is COC(=O)CNC(=O)[C@H](CC(C)C)NC(=O)C(NC(=O)CNC(=O)C(CC(C)C)NC(=O)[C@@H]1CCCN1C(C)=O)NC1=CCC(c2nnc(C3C=CC(C)(C)CC3)o2)C=C1. The number of methoxy groups -OCH3 is 1. The summed E-state index contributed by atoms with van der Waals surface area (Å²) in [6.45, 7) is 12.8. The van der Waals surface area contributed by atoms with Gasteiger partial charge in [-0.2, -0.15) is 0 Å². The van der Waals surface area contributed by atoms with Crippen LogP contribution < -0.4 is 31.9 Å². The summed E-state index contributed by atoms with van der Waals surface area (Å²) in [6.07, 6.45) is 12.2. The molecule has 330 valence electrons. The van der Waals surface area contributed by atoms with Crippen molar-refractivity contribution < 1.29 is 42.7 Å². The molecule has 4 rings (SSSR count). The second-order valence-corrected chi connectivity index (χ2v) is 17.2. The van der Waals surface area contributed by atoms with Crippen LogP contribution in [-0.2, 0) is 38.3 Å². The highest BCUT2D eigenvalue weighted by atomic mass is 16.5. The van der Waals surface area contributed by atoms with Gasteiger partial charge >= 0.3 is 5.97 Å². The first kappa shape index (κ1) is 47.1. The summed E-state index contributed by atoms with van der Waals surface area (Å²) >= 11 is 0. The van der Waals surface area contributed by atoms with Crippen molar-refractivity contribution in [1.29, 1.82) is 0 Å². The molecule has 1 fully saturated rings. The van der Waals surface area contributed by atoms with Gasteiger partial charge in [0.15, 0.2) is 6.17 Å². The molecule has 0 spiro atoms. The number of hydrogen-bond acceptors (Lipinski definition) is 12. The molecule has 1 aromatic rings. The van der Waals surface area contributed by atoms with Gasteiger partial charge in [0.2, 0.25) is 41.3 Å². The number of hydrogen-bond donors (Lipinski definition) is 6. The monoisotopic (exact) mass is 837 g/mol. The van der Waals surface area contributed by atoms with Crippen molar-refractivity contribution in [3.63, 3.8) is 0 Å². The molecule has 6 amide bonds. The molecule has 18 heteroatoms. The summed E-state index contributed by atoms with van der Waals surface area (Å²) < 4.78 is 10.7. The van der Waals surface area contributed by atoms with Gasteiger partial charge in [-0.05, 0) is 68.3 Å². The Balaban J connectivity index is 1.45. The van der Waals surface area contributed by atoms with Crippen LogP contribution in [0.4, 0.5) is 0 Å². The van der Waals surface area contributed by atoms with Gasteiger partial charge in [0, 0.05) is 19.2 Å². The highest BCUT2D eigenvalue weighted by molar-refractivity contribution is 5.95. The van der Waals surface area contributed by atoms with Crippen molar-refractivity contribution in [3.8, 4) is 0 Å². The van der Waals surface area contributed by atoms with Crippen LogP contribution in [0.15, 0.2) is 40.5 Å². The minimum atomic E-state index is -1.42. The fraction of sp³-hybridized carbons (Fsp3) is 0.643. The average Bonchev–Trinajstić information content (AvgIpc) is 3.90. The second-order valence-electron chi connectivity index (χ2n) is 17.2. The summed E-state index contributed by atoms with van der Waals surface area (Å²) in [5.74, 6) is -3.27. The predicted molar refractivity (Wildman–Crippen MR) is 220 cm³/mol. The fourth-order valence-electron chi connectivity index (χ4n) is 7.28. The van der Waals surface area contributed by atoms with Crippen molar-refractivity contribution in [2.75, 3.05) is 26.7 Å². The van der Waals surface area contributed by atoms with Gasteiger partial charge in [-0.25, -0.2) is 0 Å². The van der Waals surface area contributed by atoms with Crippen LogP contribution in [0.5, 0.6) is 0 Å². The molecule has 4 unspecified atom stereocenters. The molecule has 6 atom stereocenters. The molecule has 2 heterocycles. The number of esters is 1. The molecule has 1 aliphatic heterocycles. The standard InChI is InChI=1S/C42H63N9O9/c1-24(2)20-30(46-38(57)32-10-9-19-51(32)26(5)52)36(55)43-22-33(53)48-35(39(58)47-31(21-25(3)4)37(56)44-23-34(54)59-8)45-29-13-11-27(12-14-29)40-49-50-41(60-40)28-15-17-42(6,7)18-16-28/h11,13-15,17,24-25,27-28,30-32,35,45H,9-10,12,16,18-23H2,1-8H3,(H,43,55)(H,44,56)(H,46,57)(H,47,58)(H,48,53)/t27?,28?,30?,31-,32-,35?/m0/s1. The van der Waals surface area contributed by atoms with Gasteiger partial charge in [-0.1, -0.05) is 65.8 Å². The van der Waals surface area contributed by atoms with E-state index in [9.17, 15) is 33.6 Å². The second kappa shape index (κ2) is 21.6. The van der Waals surface area contributed by atoms with Crippen LogP contribution in [0.1, 0.15) is 117 Å². The third-order valence-corrected chi connectivity index (χ3v) is 10.6. The third-order valence-electron chi connectivity index (χ3n) is 10.6. The van der Waals surface area contributed by atoms with E-state index >= 15 is 0 Å². The Labute approximate surface area is 351 Å². The number of likely N-dealkylation sites (tertiary alicyclic amines) is 1. The normalized spacial score (nSPS) is 21.0. The maximum atomic E-state index is 13.9. The Hall–Kier alpha value is -5.55. The van der Waals surface area contributed by atoms with E-state index < -0.39 is 72.9 Å². The smallest absolute Gasteiger partial charge is 0.325 e. The molecule has 60 heavy (non-hydrogen) atoms. The maximum Gasteiger partial charge on any atom is 0.325 e. The minimum absolute atomic E-state index is 0.00299. The molecule has 6 N–H and O–H groups in total. The van der Waals surface area contributed by atoms with E-state index in [-0.39, 0.29) is 47.8 Å². The van der Waals surface area contributed by atoms with Crippen LogP contribution >= 0.6 is 0 Å². The molecule has 18 nitrogen and oxygen atoms in total. The number of nitrogens with one attached hydrogen (secondary N) is 6. The van der Waals surface area contributed by atoms with Gasteiger partial charge < -0.3 is 46.0 Å². The molecular weight excluding hydrogens is 775 g/mol. The van der Waals surface area contributed by atoms with E-state index in [1.54, 1.807) is 6.08 Å². The molecule has 2 aliphatic carbocycles. The summed E-state index contributed by atoms with van der Waals surface area (Å²) in [6, 6.07) is -2.74. The van der Waals surface area contributed by atoms with Crippen LogP contribution in [0.2, 0.25) is 0 Å². The first-order valence-corrected chi connectivity index (χ1v) is 20.8. The quantitative estimate of drug-likeness (QED) is 0.0666. The Morgan fingerprint density at radius 1 is 0.850 bits per heavy atom. The molecule has 1 saturated heterocycles. The average molecular weight is 838 g/mol. The first-order valence-electron chi connectivity index (χ1n) is 20.8. The Morgan fingerprint density at radius 3 is 2.05 bits per heavy atom. The van der Waals surface area contributed by atoms with E-state index in [0.29, 0.717) is 43.3 Å². The van der Waals surface area contributed by atoms with E-state index in [0.717, 1.165) is 12.8 Å². The topological polar surface area (TPSA) is 243 Å². The summed E-state index contributed by atoms with van der Waals surface area (Å²) in [5.41, 5.74) is 0.606. The molecule has 3 aliphatic rings.